The predicted octanol–water partition coefficient (Wildman–Crippen LogP) is 1.83. The molecular formula is C13H14F3N3O2. The first-order valence-electron chi connectivity index (χ1n) is 6.26. The lowest BCUT2D eigenvalue weighted by atomic mass is 9.90. The molecule has 0 bridgehead atoms. The molecule has 0 aliphatic heterocycles. The van der Waals surface area contributed by atoms with Crippen molar-refractivity contribution in [2.75, 3.05) is 14.1 Å². The van der Waals surface area contributed by atoms with Crippen LogP contribution in [0.2, 0.25) is 0 Å². The molecule has 1 aromatic heterocycles. The van der Waals surface area contributed by atoms with E-state index in [1.165, 1.54) is 0 Å². The van der Waals surface area contributed by atoms with Crippen molar-refractivity contribution in [3.8, 4) is 0 Å². The van der Waals surface area contributed by atoms with Gasteiger partial charge >= 0.3 is 6.18 Å². The van der Waals surface area contributed by atoms with Crippen LogP contribution in [0.1, 0.15) is 33.0 Å². The number of hydrogen-bond donors (Lipinski definition) is 0. The van der Waals surface area contributed by atoms with Gasteiger partial charge in [-0.05, 0) is 12.8 Å². The maximum absolute atomic E-state index is 12.6. The van der Waals surface area contributed by atoms with Gasteiger partial charge in [-0.25, -0.2) is 0 Å². The number of allylic oxidation sites excluding steroid dienone is 1. The van der Waals surface area contributed by atoms with Crippen LogP contribution in [-0.4, -0.2) is 47.0 Å². The maximum atomic E-state index is 12.6. The van der Waals surface area contributed by atoms with Crippen LogP contribution in [0.15, 0.2) is 11.8 Å². The number of halogens is 3. The third-order valence-electron chi connectivity index (χ3n) is 3.09. The van der Waals surface area contributed by atoms with Crippen molar-refractivity contribution in [3.05, 3.63) is 28.7 Å². The number of fused-ring (bicyclic) bond motifs is 1. The quantitative estimate of drug-likeness (QED) is 0.631. The molecule has 0 N–H and O–H groups in total. The number of carbonyl (C=O) groups is 2. The second-order valence-corrected chi connectivity index (χ2v) is 5.05. The summed E-state index contributed by atoms with van der Waals surface area (Å²) >= 11 is 0. The highest BCUT2D eigenvalue weighted by Crippen LogP contribution is 2.29. The molecule has 0 fully saturated rings. The van der Waals surface area contributed by atoms with Crippen LogP contribution in [0.4, 0.5) is 13.2 Å². The number of aldehydes is 1. The zero-order valence-corrected chi connectivity index (χ0v) is 11.6. The lowest BCUT2D eigenvalue weighted by Crippen LogP contribution is -2.25. The van der Waals surface area contributed by atoms with Crippen LogP contribution in [-0.2, 0) is 13.0 Å². The molecule has 21 heavy (non-hydrogen) atoms. The Morgan fingerprint density at radius 3 is 2.52 bits per heavy atom. The Bertz CT molecular complexity index is 615. The molecule has 114 valence electrons. The average molecular weight is 301 g/mol. The fourth-order valence-electron chi connectivity index (χ4n) is 2.36. The van der Waals surface area contributed by atoms with Gasteiger partial charge in [0.1, 0.15) is 17.9 Å². The number of Topliss-reactive ketones (excluding diaryl/α,β-unsaturated/α-hetero) is 1. The van der Waals surface area contributed by atoms with Crippen molar-refractivity contribution < 1.29 is 22.8 Å². The van der Waals surface area contributed by atoms with E-state index in [4.69, 9.17) is 0 Å². The summed E-state index contributed by atoms with van der Waals surface area (Å²) < 4.78 is 38.3. The Morgan fingerprint density at radius 2 is 2.00 bits per heavy atom. The highest BCUT2D eigenvalue weighted by atomic mass is 19.4. The van der Waals surface area contributed by atoms with Gasteiger partial charge in [-0.3, -0.25) is 14.3 Å². The number of carbonyl (C=O) groups excluding carboxylic acids is 2. The van der Waals surface area contributed by atoms with Crippen LogP contribution in [0.3, 0.4) is 0 Å². The number of alkyl halides is 3. The highest BCUT2D eigenvalue weighted by Gasteiger charge is 2.35. The normalized spacial score (nSPS) is 17.0. The molecule has 1 aliphatic carbocycles. The number of hydrogen-bond acceptors (Lipinski definition) is 4. The smallest absolute Gasteiger partial charge is 0.383 e. The molecule has 0 spiro atoms. The van der Waals surface area contributed by atoms with E-state index in [1.54, 1.807) is 25.2 Å². The van der Waals surface area contributed by atoms with E-state index in [1.807, 2.05) is 0 Å². The Balaban J connectivity index is 2.51. The summed E-state index contributed by atoms with van der Waals surface area (Å²) in [5.41, 5.74) is 0.490. The molecule has 0 atom stereocenters. The molecule has 1 aliphatic rings. The lowest BCUT2D eigenvalue weighted by Gasteiger charge is -2.18. The molecular weight excluding hydrogens is 287 g/mol. The van der Waals surface area contributed by atoms with Crippen molar-refractivity contribution in [1.82, 2.24) is 14.7 Å². The molecule has 8 heteroatoms. The van der Waals surface area contributed by atoms with Crippen molar-refractivity contribution in [3.63, 3.8) is 0 Å². The Hall–Kier alpha value is -2.12. The van der Waals surface area contributed by atoms with E-state index in [0.717, 1.165) is 0 Å². The van der Waals surface area contributed by atoms with Crippen molar-refractivity contribution in [2.45, 2.75) is 25.6 Å². The maximum Gasteiger partial charge on any atom is 0.408 e. The zero-order chi connectivity index (χ0) is 15.8. The van der Waals surface area contributed by atoms with Gasteiger partial charge in [0.2, 0.25) is 5.78 Å². The molecule has 0 saturated carbocycles. The van der Waals surface area contributed by atoms with E-state index in [-0.39, 0.29) is 11.4 Å². The first-order chi connectivity index (χ1) is 9.73. The van der Waals surface area contributed by atoms with Crippen LogP contribution in [0.5, 0.6) is 0 Å². The second-order valence-electron chi connectivity index (χ2n) is 5.05. The fourth-order valence-corrected chi connectivity index (χ4v) is 2.36. The number of aromatic nitrogens is 2. The van der Waals surface area contributed by atoms with Crippen LogP contribution in [0, 0.1) is 0 Å². The van der Waals surface area contributed by atoms with E-state index in [9.17, 15) is 22.8 Å². The summed E-state index contributed by atoms with van der Waals surface area (Å²) in [6, 6.07) is 0. The fraction of sp³-hybridized carbons (Fsp3) is 0.462. The first kappa shape index (κ1) is 15.3. The summed E-state index contributed by atoms with van der Waals surface area (Å²) in [5.74, 6) is -0.505. The zero-order valence-electron chi connectivity index (χ0n) is 11.6. The molecule has 2 rings (SSSR count). The second kappa shape index (κ2) is 5.34. The van der Waals surface area contributed by atoms with Gasteiger partial charge < -0.3 is 4.90 Å². The summed E-state index contributed by atoms with van der Waals surface area (Å²) in [7, 11) is 3.44. The van der Waals surface area contributed by atoms with Crippen LogP contribution >= 0.6 is 0 Å². The SMILES string of the molecule is CN(C)/C=C1/CCc2c(C=O)nn(CC(F)(F)F)c2C1=O. The average Bonchev–Trinajstić information content (AvgIpc) is 2.68. The Kier molecular flexibility index (Phi) is 3.89. The van der Waals surface area contributed by atoms with E-state index >= 15 is 0 Å². The lowest BCUT2D eigenvalue weighted by molar-refractivity contribution is -0.142. The van der Waals surface area contributed by atoms with Gasteiger partial charge in [0.05, 0.1) is 0 Å². The number of ketones is 1. The monoisotopic (exact) mass is 301 g/mol. The van der Waals surface area contributed by atoms with E-state index in [0.29, 0.717) is 34.9 Å². The minimum Gasteiger partial charge on any atom is -0.383 e. The largest absolute Gasteiger partial charge is 0.408 e. The molecule has 5 nitrogen and oxygen atoms in total. The molecule has 0 radical (unpaired) electrons. The minimum atomic E-state index is -4.51. The molecule has 0 saturated heterocycles. The standard InChI is InChI=1S/C13H14F3N3O2/c1-18(2)5-8-3-4-9-10(6-20)17-19(7-13(14,15)16)11(9)12(8)21/h5-6H,3-4,7H2,1-2H3/b8-5-. The van der Waals surface area contributed by atoms with E-state index < -0.39 is 18.5 Å². The summed E-state index contributed by atoms with van der Waals surface area (Å²) in [5, 5.41) is 3.63. The Morgan fingerprint density at radius 1 is 1.33 bits per heavy atom. The highest BCUT2D eigenvalue weighted by molar-refractivity contribution is 6.10. The summed E-state index contributed by atoms with van der Waals surface area (Å²) in [4.78, 5) is 24.9. The van der Waals surface area contributed by atoms with Crippen molar-refractivity contribution >= 4 is 12.1 Å². The van der Waals surface area contributed by atoms with Gasteiger partial charge in [0.25, 0.3) is 0 Å². The van der Waals surface area contributed by atoms with Crippen LogP contribution < -0.4 is 0 Å². The Labute approximate surface area is 119 Å². The minimum absolute atomic E-state index is 0.0912. The molecule has 0 aromatic carbocycles. The van der Waals surface area contributed by atoms with Gasteiger partial charge in [0.15, 0.2) is 6.29 Å². The number of rotatable bonds is 3. The molecule has 1 heterocycles. The van der Waals surface area contributed by atoms with Gasteiger partial charge in [0, 0.05) is 31.4 Å². The van der Waals surface area contributed by atoms with Crippen molar-refractivity contribution in [1.29, 1.82) is 0 Å². The third kappa shape index (κ3) is 3.14. The van der Waals surface area contributed by atoms with Gasteiger partial charge in [-0.1, -0.05) is 0 Å². The summed E-state index contributed by atoms with van der Waals surface area (Å²) in [6.45, 7) is -1.38. The topological polar surface area (TPSA) is 55.2 Å². The summed E-state index contributed by atoms with van der Waals surface area (Å²) in [6.07, 6.45) is -1.84. The third-order valence-corrected chi connectivity index (χ3v) is 3.09. The van der Waals surface area contributed by atoms with Gasteiger partial charge in [-0.15, -0.1) is 0 Å². The van der Waals surface area contributed by atoms with Crippen molar-refractivity contribution in [2.24, 2.45) is 0 Å². The predicted molar refractivity (Wildman–Crippen MR) is 68.1 cm³/mol. The van der Waals surface area contributed by atoms with E-state index in [2.05, 4.69) is 5.10 Å². The first-order valence-corrected chi connectivity index (χ1v) is 6.26. The van der Waals surface area contributed by atoms with Gasteiger partial charge in [-0.2, -0.15) is 18.3 Å². The van der Waals surface area contributed by atoms with Crippen LogP contribution in [0.25, 0.3) is 0 Å². The number of nitrogens with zero attached hydrogens (tertiary/aromatic N) is 3. The molecule has 1 aromatic rings. The molecule has 0 amide bonds. The molecule has 0 unspecified atom stereocenters.